The standard InChI is InChI=1S/C12H15N5O3S/c1-3-16-11(18)14-15-12(16)21-7-8-5-4-6-9(17(19)20)10(8)13-2/h4-6,13H,3,7H2,1-2H3,(H,14,18). The molecule has 0 unspecified atom stereocenters. The van der Waals surface area contributed by atoms with Gasteiger partial charge in [-0.1, -0.05) is 23.9 Å². The second-order valence-electron chi connectivity index (χ2n) is 4.16. The Kier molecular flexibility index (Phi) is 4.63. The van der Waals surface area contributed by atoms with Gasteiger partial charge in [-0.25, -0.2) is 9.89 Å². The third kappa shape index (κ3) is 3.07. The summed E-state index contributed by atoms with van der Waals surface area (Å²) in [4.78, 5) is 22.1. The van der Waals surface area contributed by atoms with Crippen LogP contribution in [-0.2, 0) is 12.3 Å². The zero-order valence-electron chi connectivity index (χ0n) is 11.6. The first-order valence-electron chi connectivity index (χ1n) is 6.30. The van der Waals surface area contributed by atoms with Gasteiger partial charge < -0.3 is 5.32 Å². The van der Waals surface area contributed by atoms with Crippen molar-refractivity contribution >= 4 is 23.1 Å². The number of H-pyrrole nitrogens is 1. The third-order valence-corrected chi connectivity index (χ3v) is 4.00. The molecule has 0 fully saturated rings. The van der Waals surface area contributed by atoms with Gasteiger partial charge in [-0.05, 0) is 12.5 Å². The molecule has 8 nitrogen and oxygen atoms in total. The van der Waals surface area contributed by atoms with E-state index in [2.05, 4.69) is 15.5 Å². The average molecular weight is 309 g/mol. The van der Waals surface area contributed by atoms with Gasteiger partial charge in [0.1, 0.15) is 5.69 Å². The van der Waals surface area contributed by atoms with Crippen molar-refractivity contribution in [1.82, 2.24) is 14.8 Å². The molecule has 0 radical (unpaired) electrons. The molecule has 1 aromatic carbocycles. The molecule has 0 amide bonds. The smallest absolute Gasteiger partial charge is 0.343 e. The van der Waals surface area contributed by atoms with Gasteiger partial charge in [-0.15, -0.1) is 5.10 Å². The minimum absolute atomic E-state index is 0.0329. The van der Waals surface area contributed by atoms with E-state index in [-0.39, 0.29) is 11.4 Å². The van der Waals surface area contributed by atoms with E-state index in [1.165, 1.54) is 22.4 Å². The van der Waals surface area contributed by atoms with Crippen LogP contribution in [-0.4, -0.2) is 26.7 Å². The molecule has 0 spiro atoms. The molecule has 0 saturated carbocycles. The molecule has 0 aliphatic rings. The maximum atomic E-state index is 11.5. The highest BCUT2D eigenvalue weighted by atomic mass is 32.2. The number of para-hydroxylation sites is 1. The van der Waals surface area contributed by atoms with E-state index in [1.54, 1.807) is 13.1 Å². The monoisotopic (exact) mass is 309 g/mol. The van der Waals surface area contributed by atoms with Crippen molar-refractivity contribution in [1.29, 1.82) is 0 Å². The fraction of sp³-hybridized carbons (Fsp3) is 0.333. The predicted molar refractivity (Wildman–Crippen MR) is 80.7 cm³/mol. The van der Waals surface area contributed by atoms with Crippen LogP contribution in [0.5, 0.6) is 0 Å². The van der Waals surface area contributed by atoms with Crippen LogP contribution in [0.4, 0.5) is 11.4 Å². The van der Waals surface area contributed by atoms with Crippen molar-refractivity contribution < 1.29 is 4.92 Å². The number of hydrogen-bond acceptors (Lipinski definition) is 6. The van der Waals surface area contributed by atoms with Gasteiger partial charge in [-0.3, -0.25) is 14.7 Å². The Morgan fingerprint density at radius 2 is 2.29 bits per heavy atom. The van der Waals surface area contributed by atoms with E-state index >= 15 is 0 Å². The van der Waals surface area contributed by atoms with Gasteiger partial charge in [0.2, 0.25) is 0 Å². The van der Waals surface area contributed by atoms with Crippen LogP contribution < -0.4 is 11.0 Å². The van der Waals surface area contributed by atoms with E-state index in [1.807, 2.05) is 13.0 Å². The molecular weight excluding hydrogens is 294 g/mol. The first kappa shape index (κ1) is 15.1. The Balaban J connectivity index is 2.26. The number of aromatic nitrogens is 3. The van der Waals surface area contributed by atoms with Gasteiger partial charge in [0.25, 0.3) is 5.69 Å². The number of nitro benzene ring substituents is 1. The molecule has 9 heteroatoms. The Morgan fingerprint density at radius 3 is 2.90 bits per heavy atom. The molecule has 112 valence electrons. The van der Waals surface area contributed by atoms with Crippen LogP contribution in [0.2, 0.25) is 0 Å². The van der Waals surface area contributed by atoms with Crippen LogP contribution in [0.3, 0.4) is 0 Å². The predicted octanol–water partition coefficient (Wildman–Crippen LogP) is 1.83. The lowest BCUT2D eigenvalue weighted by molar-refractivity contribution is -0.384. The zero-order chi connectivity index (χ0) is 15.4. The van der Waals surface area contributed by atoms with Crippen LogP contribution in [0, 0.1) is 10.1 Å². The maximum absolute atomic E-state index is 11.5. The normalized spacial score (nSPS) is 10.6. The molecule has 0 saturated heterocycles. The van der Waals surface area contributed by atoms with Crippen LogP contribution >= 0.6 is 11.8 Å². The maximum Gasteiger partial charge on any atom is 0.343 e. The second kappa shape index (κ2) is 6.44. The third-order valence-electron chi connectivity index (χ3n) is 2.97. The summed E-state index contributed by atoms with van der Waals surface area (Å²) in [6, 6.07) is 4.91. The Bertz CT molecular complexity index is 709. The Labute approximate surface area is 124 Å². The van der Waals surface area contributed by atoms with Crippen LogP contribution in [0.25, 0.3) is 0 Å². The van der Waals surface area contributed by atoms with Crippen molar-refractivity contribution in [2.45, 2.75) is 24.4 Å². The summed E-state index contributed by atoms with van der Waals surface area (Å²) in [7, 11) is 1.65. The number of aromatic amines is 1. The van der Waals surface area contributed by atoms with E-state index in [4.69, 9.17) is 0 Å². The summed E-state index contributed by atoms with van der Waals surface area (Å²) in [5, 5.41) is 20.8. The minimum atomic E-state index is -0.420. The van der Waals surface area contributed by atoms with Gasteiger partial charge >= 0.3 is 5.69 Å². The number of thioether (sulfide) groups is 1. The van der Waals surface area contributed by atoms with E-state index < -0.39 is 4.92 Å². The number of nitrogens with one attached hydrogen (secondary N) is 2. The number of rotatable bonds is 6. The molecule has 0 atom stereocenters. The van der Waals surface area contributed by atoms with Crippen molar-refractivity contribution in [2.75, 3.05) is 12.4 Å². The summed E-state index contributed by atoms with van der Waals surface area (Å²) in [5.74, 6) is 0.474. The lowest BCUT2D eigenvalue weighted by Crippen LogP contribution is -2.16. The Morgan fingerprint density at radius 1 is 1.52 bits per heavy atom. The molecule has 0 aliphatic heterocycles. The molecule has 21 heavy (non-hydrogen) atoms. The van der Waals surface area contributed by atoms with Gasteiger partial charge in [0.15, 0.2) is 5.16 Å². The molecule has 2 N–H and O–H groups in total. The first-order valence-corrected chi connectivity index (χ1v) is 7.29. The van der Waals surface area contributed by atoms with Gasteiger partial charge in [0, 0.05) is 25.4 Å². The first-order chi connectivity index (χ1) is 10.1. The lowest BCUT2D eigenvalue weighted by atomic mass is 10.1. The quantitative estimate of drug-likeness (QED) is 0.479. The van der Waals surface area contributed by atoms with Gasteiger partial charge in [0.05, 0.1) is 4.92 Å². The topological polar surface area (TPSA) is 106 Å². The van der Waals surface area contributed by atoms with E-state index in [0.29, 0.717) is 23.1 Å². The fourth-order valence-electron chi connectivity index (χ4n) is 1.98. The number of nitro groups is 1. The number of anilines is 1. The molecule has 1 aromatic heterocycles. The van der Waals surface area contributed by atoms with Crippen molar-refractivity contribution in [3.63, 3.8) is 0 Å². The fourth-order valence-corrected chi connectivity index (χ4v) is 2.99. The summed E-state index contributed by atoms with van der Waals surface area (Å²) in [6.07, 6.45) is 0. The largest absolute Gasteiger partial charge is 0.382 e. The SMILES string of the molecule is CCn1c(SCc2cccc([N+](=O)[O-])c2NC)n[nH]c1=O. The minimum Gasteiger partial charge on any atom is -0.382 e. The van der Waals surface area contributed by atoms with E-state index in [0.717, 1.165) is 5.56 Å². The number of benzene rings is 1. The molecular formula is C12H15N5O3S. The number of nitrogens with zero attached hydrogens (tertiary/aromatic N) is 3. The highest BCUT2D eigenvalue weighted by Gasteiger charge is 2.17. The van der Waals surface area contributed by atoms with Crippen molar-refractivity contribution in [2.24, 2.45) is 0 Å². The second-order valence-corrected chi connectivity index (χ2v) is 5.11. The van der Waals surface area contributed by atoms with Crippen LogP contribution in [0.15, 0.2) is 28.2 Å². The van der Waals surface area contributed by atoms with Crippen LogP contribution in [0.1, 0.15) is 12.5 Å². The highest BCUT2D eigenvalue weighted by Crippen LogP contribution is 2.31. The summed E-state index contributed by atoms with van der Waals surface area (Å²) in [5.41, 5.74) is 1.05. The summed E-state index contributed by atoms with van der Waals surface area (Å²) in [6.45, 7) is 2.37. The summed E-state index contributed by atoms with van der Waals surface area (Å²) >= 11 is 1.35. The number of hydrogen-bond donors (Lipinski definition) is 2. The van der Waals surface area contributed by atoms with Crippen molar-refractivity contribution in [3.8, 4) is 0 Å². The van der Waals surface area contributed by atoms with Gasteiger partial charge in [-0.2, -0.15) is 0 Å². The Hall–Kier alpha value is -2.29. The molecule has 2 aromatic rings. The molecule has 0 aliphatic carbocycles. The molecule has 1 heterocycles. The lowest BCUT2D eigenvalue weighted by Gasteiger charge is -2.09. The molecule has 0 bridgehead atoms. The average Bonchev–Trinajstić information content (AvgIpc) is 2.84. The summed E-state index contributed by atoms with van der Waals surface area (Å²) < 4.78 is 1.51. The zero-order valence-corrected chi connectivity index (χ0v) is 12.4. The highest BCUT2D eigenvalue weighted by molar-refractivity contribution is 7.98. The molecule has 2 rings (SSSR count). The van der Waals surface area contributed by atoms with E-state index in [9.17, 15) is 14.9 Å². The van der Waals surface area contributed by atoms with Crippen molar-refractivity contribution in [3.05, 3.63) is 44.4 Å².